The molecule has 0 spiro atoms. The molecule has 6 N–H and O–H groups in total. The number of halogens is 1. The molecule has 0 aliphatic carbocycles. The highest BCUT2D eigenvalue weighted by Crippen LogP contribution is 2.43. The van der Waals surface area contributed by atoms with Crippen molar-refractivity contribution in [2.75, 3.05) is 35.7 Å². The minimum absolute atomic E-state index is 0.000108. The molecule has 0 saturated carbocycles. The van der Waals surface area contributed by atoms with E-state index in [4.69, 9.17) is 20.5 Å². The highest BCUT2D eigenvalue weighted by Gasteiger charge is 2.34. The van der Waals surface area contributed by atoms with Crippen molar-refractivity contribution in [1.82, 2.24) is 15.0 Å². The highest BCUT2D eigenvalue weighted by molar-refractivity contribution is 5.98. The van der Waals surface area contributed by atoms with Gasteiger partial charge in [0.1, 0.15) is 43.2 Å². The van der Waals surface area contributed by atoms with E-state index in [1.54, 1.807) is 31.5 Å². The zero-order valence-corrected chi connectivity index (χ0v) is 26.7. The lowest BCUT2D eigenvalue weighted by atomic mass is 10.1. The van der Waals surface area contributed by atoms with Gasteiger partial charge >= 0.3 is 0 Å². The number of pyridine rings is 1. The summed E-state index contributed by atoms with van der Waals surface area (Å²) in [5, 5.41) is 35.9. The summed E-state index contributed by atoms with van der Waals surface area (Å²) in [5.41, 5.74) is 4.63. The maximum atomic E-state index is 13.6. The quantitative estimate of drug-likeness (QED) is 0.135. The Hall–Kier alpha value is -5.52. The van der Waals surface area contributed by atoms with Crippen molar-refractivity contribution in [2.24, 2.45) is 0 Å². The zero-order chi connectivity index (χ0) is 33.6. The largest absolute Gasteiger partial charge is 0.367 e. The van der Waals surface area contributed by atoms with Gasteiger partial charge in [0, 0.05) is 35.5 Å². The predicted octanol–water partition coefficient (Wildman–Crippen LogP) is 3.37. The van der Waals surface area contributed by atoms with Gasteiger partial charge in [-0.2, -0.15) is 10.3 Å². The first-order valence-corrected chi connectivity index (χ1v) is 15.7. The van der Waals surface area contributed by atoms with Gasteiger partial charge in [-0.15, -0.1) is 5.06 Å². The van der Waals surface area contributed by atoms with Crippen molar-refractivity contribution in [1.29, 1.82) is 10.7 Å². The number of benzene rings is 2. The molecule has 3 unspecified atom stereocenters. The first-order valence-electron chi connectivity index (χ1n) is 15.7. The van der Waals surface area contributed by atoms with Crippen LogP contribution in [-0.4, -0.2) is 52.2 Å². The molecule has 244 valence electrons. The number of amidine groups is 1. The van der Waals surface area contributed by atoms with E-state index in [2.05, 4.69) is 27.5 Å². The van der Waals surface area contributed by atoms with Gasteiger partial charge in [-0.05, 0) is 73.2 Å². The number of hydrogen-bond acceptors (Lipinski definition) is 10. The number of anilines is 4. The molecule has 2 aliphatic rings. The van der Waals surface area contributed by atoms with Crippen LogP contribution < -0.4 is 25.7 Å². The molecule has 2 aromatic heterocycles. The topological polar surface area (TPSA) is 152 Å². The molecule has 6 rings (SSSR count). The van der Waals surface area contributed by atoms with Gasteiger partial charge in [0.2, 0.25) is 5.82 Å². The van der Waals surface area contributed by atoms with Gasteiger partial charge in [-0.25, -0.2) is 34.8 Å². The van der Waals surface area contributed by atoms with Crippen LogP contribution >= 0.6 is 0 Å². The number of rotatable bonds is 11. The fraction of sp³-hybridized carbons (Fsp3) is 0.229. The predicted molar refractivity (Wildman–Crippen MR) is 179 cm³/mol. The maximum Gasteiger partial charge on any atom is 0.262 e. The molecule has 0 saturated heterocycles. The van der Waals surface area contributed by atoms with Crippen molar-refractivity contribution >= 4 is 28.8 Å². The first-order chi connectivity index (χ1) is 23.4. The lowest BCUT2D eigenvalue weighted by Gasteiger charge is -2.24. The minimum Gasteiger partial charge on any atom is -0.367 e. The lowest BCUT2D eigenvalue weighted by Crippen LogP contribution is -3.12. The average molecular weight is 649 g/mol. The monoisotopic (exact) mass is 648 g/mol. The van der Waals surface area contributed by atoms with Crippen LogP contribution in [0.25, 0.3) is 11.3 Å². The normalized spacial score (nSPS) is 18.2. The fourth-order valence-electron chi connectivity index (χ4n) is 5.72. The fourth-order valence-corrected chi connectivity index (χ4v) is 5.72. The van der Waals surface area contributed by atoms with Gasteiger partial charge in [-0.1, -0.05) is 19.1 Å². The Bertz CT molecular complexity index is 1890. The summed E-state index contributed by atoms with van der Waals surface area (Å²) in [5.74, 6) is 1.74. The van der Waals surface area contributed by atoms with Gasteiger partial charge in [0.25, 0.3) is 5.84 Å². The minimum atomic E-state index is -0.318. The zero-order valence-electron chi connectivity index (χ0n) is 26.7. The third kappa shape index (κ3) is 7.07. The summed E-state index contributed by atoms with van der Waals surface area (Å²) in [6.45, 7) is 3.78. The van der Waals surface area contributed by atoms with Crippen molar-refractivity contribution in [3.05, 3.63) is 114 Å². The molecular formula is C35H37FN10O2+2. The van der Waals surface area contributed by atoms with Gasteiger partial charge in [0.15, 0.2) is 5.82 Å². The second-order valence-electron chi connectivity index (χ2n) is 11.5. The van der Waals surface area contributed by atoms with Crippen molar-refractivity contribution < 1.29 is 24.6 Å². The van der Waals surface area contributed by atoms with Crippen LogP contribution in [0.1, 0.15) is 31.2 Å². The second kappa shape index (κ2) is 14.5. The third-order valence-corrected chi connectivity index (χ3v) is 8.37. The number of hydrogen-bond donors (Lipinski definition) is 6. The third-order valence-electron chi connectivity index (χ3n) is 8.37. The van der Waals surface area contributed by atoms with Crippen LogP contribution in [0.5, 0.6) is 0 Å². The standard InChI is InChI=1S/C35H35FN10O2/c1-3-26(40-31-16-18-39-32(21-37)43-31)17-20-44(48-2)22-23-6-12-27(13-7-23)46-34(28-5-4-19-45(47)33(28)38)42-30-15-14-29(41-35(30)46)24-8-10-25(36)11-9-24/h4-16,18,26,38,42,47H,3,17,19-20,22H2,1-2H3,(H,39,40,43)/p+2/b34-28+,38-33?. The van der Waals surface area contributed by atoms with Crippen LogP contribution in [-0.2, 0) is 11.4 Å². The van der Waals surface area contributed by atoms with Gasteiger partial charge in [-0.3, -0.25) is 4.90 Å². The van der Waals surface area contributed by atoms with Crippen LogP contribution in [0.2, 0.25) is 0 Å². The number of quaternary nitrogens is 2. The SMILES string of the molecule is CCC(CC[NH+](Cc1ccc(N2/C(=C3\C=CC[NH+](O)C3=N)Nc3ccc(-c4ccc(F)cc4)nc32)cc1)OC)Nc1ccnc(C#N)n1. The Balaban J connectivity index is 1.23. The van der Waals surface area contributed by atoms with Crippen molar-refractivity contribution in [3.63, 3.8) is 0 Å². The molecule has 13 heteroatoms. The molecule has 0 fully saturated rings. The highest BCUT2D eigenvalue weighted by atomic mass is 19.1. The summed E-state index contributed by atoms with van der Waals surface area (Å²) < 4.78 is 13.6. The molecule has 0 bridgehead atoms. The van der Waals surface area contributed by atoms with E-state index in [9.17, 15) is 9.60 Å². The van der Waals surface area contributed by atoms with E-state index in [0.717, 1.165) is 47.0 Å². The van der Waals surface area contributed by atoms with Crippen LogP contribution in [0.15, 0.2) is 96.5 Å². The Morgan fingerprint density at radius 2 is 1.94 bits per heavy atom. The van der Waals surface area contributed by atoms with Crippen LogP contribution in [0, 0.1) is 22.6 Å². The molecule has 3 atom stereocenters. The molecular weight excluding hydrogens is 611 g/mol. The summed E-state index contributed by atoms with van der Waals surface area (Å²) >= 11 is 0. The number of fused-ring (bicyclic) bond motifs is 1. The Morgan fingerprint density at radius 1 is 1.15 bits per heavy atom. The van der Waals surface area contributed by atoms with E-state index in [1.807, 2.05) is 59.5 Å². The van der Waals surface area contributed by atoms with Crippen LogP contribution in [0.4, 0.5) is 27.4 Å². The average Bonchev–Trinajstić information content (AvgIpc) is 3.49. The number of aromatic nitrogens is 3. The number of nitriles is 1. The number of hydroxylamine groups is 4. The summed E-state index contributed by atoms with van der Waals surface area (Å²) in [7, 11) is 1.69. The Morgan fingerprint density at radius 3 is 2.67 bits per heavy atom. The van der Waals surface area contributed by atoms with E-state index in [1.165, 1.54) is 12.1 Å². The van der Waals surface area contributed by atoms with Crippen molar-refractivity contribution in [3.8, 4) is 17.3 Å². The summed E-state index contributed by atoms with van der Waals surface area (Å²) in [4.78, 5) is 20.9. The van der Waals surface area contributed by atoms with E-state index in [0.29, 0.717) is 41.8 Å². The molecule has 4 aromatic rings. The molecule has 0 amide bonds. The van der Waals surface area contributed by atoms with E-state index in [-0.39, 0.29) is 28.6 Å². The molecule has 48 heavy (non-hydrogen) atoms. The van der Waals surface area contributed by atoms with Gasteiger partial charge in [0.05, 0.1) is 24.1 Å². The molecule has 4 heterocycles. The summed E-state index contributed by atoms with van der Waals surface area (Å²) in [6, 6.07) is 22.0. The Kier molecular flexibility index (Phi) is 9.79. The van der Waals surface area contributed by atoms with E-state index >= 15 is 0 Å². The lowest BCUT2D eigenvalue weighted by molar-refractivity contribution is -1.10. The molecule has 0 radical (unpaired) electrons. The van der Waals surface area contributed by atoms with Crippen LogP contribution in [0.3, 0.4) is 0 Å². The van der Waals surface area contributed by atoms with Gasteiger partial charge < -0.3 is 10.6 Å². The molecule has 2 aromatic carbocycles. The maximum absolute atomic E-state index is 13.6. The van der Waals surface area contributed by atoms with E-state index < -0.39 is 0 Å². The second-order valence-corrected chi connectivity index (χ2v) is 11.5. The molecule has 12 nitrogen and oxygen atoms in total. The van der Waals surface area contributed by atoms with Crippen molar-refractivity contribution in [2.45, 2.75) is 32.4 Å². The Labute approximate surface area is 277 Å². The smallest absolute Gasteiger partial charge is 0.262 e. The first kappa shape index (κ1) is 32.4. The number of nitrogens with zero attached hydrogens (tertiary/aromatic N) is 5. The summed E-state index contributed by atoms with van der Waals surface area (Å²) in [6.07, 6.45) is 6.94. The number of nitrogens with one attached hydrogen (secondary N) is 5. The molecule has 2 aliphatic heterocycles.